The summed E-state index contributed by atoms with van der Waals surface area (Å²) < 4.78 is 5.57. The molecule has 0 fully saturated rings. The molecule has 20 heavy (non-hydrogen) atoms. The molecule has 0 spiro atoms. The largest absolute Gasteiger partial charge is 0.494 e. The first-order valence-corrected chi connectivity index (χ1v) is 7.16. The molecule has 106 valence electrons. The minimum atomic E-state index is -1.11. The average molecular weight is 292 g/mol. The van der Waals surface area contributed by atoms with Gasteiger partial charge in [-0.05, 0) is 30.7 Å². The van der Waals surface area contributed by atoms with E-state index in [0.717, 1.165) is 24.2 Å². The highest BCUT2D eigenvalue weighted by molar-refractivity contribution is 7.19. The predicted octanol–water partition coefficient (Wildman–Crippen LogP) is 3.27. The van der Waals surface area contributed by atoms with Gasteiger partial charge < -0.3 is 15.6 Å². The third-order valence-electron chi connectivity index (χ3n) is 2.72. The van der Waals surface area contributed by atoms with Gasteiger partial charge in [-0.15, -0.1) is 0 Å². The molecule has 2 rings (SSSR count). The van der Waals surface area contributed by atoms with E-state index in [2.05, 4.69) is 11.9 Å². The summed E-state index contributed by atoms with van der Waals surface area (Å²) in [5, 5.41) is 9.75. The number of carbonyl (C=O) groups is 1. The van der Waals surface area contributed by atoms with Crippen molar-refractivity contribution in [3.63, 3.8) is 0 Å². The van der Waals surface area contributed by atoms with Gasteiger partial charge in [0, 0.05) is 5.56 Å². The molecule has 0 bridgehead atoms. The van der Waals surface area contributed by atoms with Crippen molar-refractivity contribution in [2.45, 2.75) is 19.8 Å². The summed E-state index contributed by atoms with van der Waals surface area (Å²) in [4.78, 5) is 14.9. The fraction of sp³-hybridized carbons (Fsp3) is 0.286. The summed E-state index contributed by atoms with van der Waals surface area (Å²) in [7, 11) is 0. The number of nitrogens with zero attached hydrogens (tertiary/aromatic N) is 1. The van der Waals surface area contributed by atoms with Crippen molar-refractivity contribution < 1.29 is 14.6 Å². The fourth-order valence-electron chi connectivity index (χ4n) is 1.64. The highest BCUT2D eigenvalue weighted by Gasteiger charge is 2.15. The first kappa shape index (κ1) is 14.3. The number of hydrogen-bond donors (Lipinski definition) is 2. The number of carboxylic acid groups (broad SMARTS) is 1. The standard InChI is InChI=1S/C14H16N2O3S/c1-2-3-8-19-10-6-4-9(5-7-10)13-16-11(14(17)18)12(15)20-13/h4-7H,2-3,8,15H2,1H3,(H,17,18). The molecular weight excluding hydrogens is 276 g/mol. The molecule has 0 aliphatic carbocycles. The van der Waals surface area contributed by atoms with E-state index in [1.54, 1.807) is 0 Å². The van der Waals surface area contributed by atoms with Crippen LogP contribution < -0.4 is 10.5 Å². The van der Waals surface area contributed by atoms with Crippen molar-refractivity contribution in [3.8, 4) is 16.3 Å². The van der Waals surface area contributed by atoms with Crippen LogP contribution in [0.3, 0.4) is 0 Å². The van der Waals surface area contributed by atoms with Crippen LogP contribution in [0, 0.1) is 0 Å². The van der Waals surface area contributed by atoms with Crippen LogP contribution in [0.15, 0.2) is 24.3 Å². The van der Waals surface area contributed by atoms with Gasteiger partial charge in [0.15, 0.2) is 5.69 Å². The summed E-state index contributed by atoms with van der Waals surface area (Å²) in [6.45, 7) is 2.81. The molecule has 0 aliphatic rings. The van der Waals surface area contributed by atoms with Gasteiger partial charge in [-0.2, -0.15) is 0 Å². The van der Waals surface area contributed by atoms with Crippen LogP contribution in [0.2, 0.25) is 0 Å². The third kappa shape index (κ3) is 3.27. The topological polar surface area (TPSA) is 85.4 Å². The smallest absolute Gasteiger partial charge is 0.357 e. The summed E-state index contributed by atoms with van der Waals surface area (Å²) in [6.07, 6.45) is 2.11. The van der Waals surface area contributed by atoms with Gasteiger partial charge in [0.05, 0.1) is 6.61 Å². The number of anilines is 1. The first-order chi connectivity index (χ1) is 9.61. The Hall–Kier alpha value is -2.08. The summed E-state index contributed by atoms with van der Waals surface area (Å²) in [5.74, 6) is -0.310. The highest BCUT2D eigenvalue weighted by Crippen LogP contribution is 2.30. The second-order valence-electron chi connectivity index (χ2n) is 4.26. The molecule has 0 radical (unpaired) electrons. The fourth-order valence-corrected chi connectivity index (χ4v) is 2.47. The number of ether oxygens (including phenoxy) is 1. The summed E-state index contributed by atoms with van der Waals surface area (Å²) in [6, 6.07) is 7.41. The van der Waals surface area contributed by atoms with Crippen LogP contribution in [0.1, 0.15) is 30.3 Å². The molecule has 0 amide bonds. The lowest BCUT2D eigenvalue weighted by atomic mass is 10.2. The Kier molecular flexibility index (Phi) is 4.57. The Morgan fingerprint density at radius 2 is 2.10 bits per heavy atom. The van der Waals surface area contributed by atoms with E-state index < -0.39 is 5.97 Å². The zero-order valence-electron chi connectivity index (χ0n) is 11.1. The lowest BCUT2D eigenvalue weighted by Crippen LogP contribution is -2.00. The predicted molar refractivity (Wildman–Crippen MR) is 79.3 cm³/mol. The molecule has 0 unspecified atom stereocenters. The number of nitrogen functional groups attached to an aromatic ring is 1. The van der Waals surface area contributed by atoms with Gasteiger partial charge in [0.1, 0.15) is 15.8 Å². The zero-order chi connectivity index (χ0) is 14.5. The Bertz CT molecular complexity index is 593. The number of unbranched alkanes of at least 4 members (excludes halogenated alkanes) is 1. The van der Waals surface area contributed by atoms with Crippen LogP contribution in [0.4, 0.5) is 5.00 Å². The molecule has 5 nitrogen and oxygen atoms in total. The Morgan fingerprint density at radius 1 is 1.40 bits per heavy atom. The van der Waals surface area contributed by atoms with E-state index in [1.165, 1.54) is 11.3 Å². The molecule has 0 saturated heterocycles. The van der Waals surface area contributed by atoms with Gasteiger partial charge >= 0.3 is 5.97 Å². The quantitative estimate of drug-likeness (QED) is 0.798. The number of hydrogen-bond acceptors (Lipinski definition) is 5. The van der Waals surface area contributed by atoms with Crippen molar-refractivity contribution in [2.24, 2.45) is 0 Å². The molecular formula is C14H16N2O3S. The van der Waals surface area contributed by atoms with Gasteiger partial charge in [0.25, 0.3) is 0 Å². The molecule has 1 heterocycles. The minimum Gasteiger partial charge on any atom is -0.494 e. The maximum Gasteiger partial charge on any atom is 0.357 e. The summed E-state index contributed by atoms with van der Waals surface area (Å²) >= 11 is 1.17. The van der Waals surface area contributed by atoms with Crippen LogP contribution in [0.25, 0.3) is 10.6 Å². The van der Waals surface area contributed by atoms with Gasteiger partial charge in [0.2, 0.25) is 0 Å². The SMILES string of the molecule is CCCCOc1ccc(-c2nc(C(=O)O)c(N)s2)cc1. The van der Waals surface area contributed by atoms with E-state index >= 15 is 0 Å². The second kappa shape index (κ2) is 6.38. The number of rotatable bonds is 6. The maximum atomic E-state index is 10.9. The van der Waals surface area contributed by atoms with Crippen LogP contribution in [-0.2, 0) is 0 Å². The zero-order valence-corrected chi connectivity index (χ0v) is 11.9. The number of aromatic carboxylic acids is 1. The normalized spacial score (nSPS) is 10.4. The average Bonchev–Trinajstić information content (AvgIpc) is 2.82. The van der Waals surface area contributed by atoms with E-state index in [1.807, 2.05) is 24.3 Å². The van der Waals surface area contributed by atoms with E-state index in [4.69, 9.17) is 15.6 Å². The van der Waals surface area contributed by atoms with Gasteiger partial charge in [-0.3, -0.25) is 0 Å². The van der Waals surface area contributed by atoms with Gasteiger partial charge in [-0.1, -0.05) is 24.7 Å². The number of aromatic nitrogens is 1. The van der Waals surface area contributed by atoms with Crippen LogP contribution in [0.5, 0.6) is 5.75 Å². The van der Waals surface area contributed by atoms with Crippen LogP contribution >= 0.6 is 11.3 Å². The monoisotopic (exact) mass is 292 g/mol. The maximum absolute atomic E-state index is 10.9. The number of nitrogens with two attached hydrogens (primary N) is 1. The number of thiazole rings is 1. The van der Waals surface area contributed by atoms with E-state index in [9.17, 15) is 4.79 Å². The first-order valence-electron chi connectivity index (χ1n) is 6.34. The van der Waals surface area contributed by atoms with Crippen molar-refractivity contribution in [1.82, 2.24) is 4.98 Å². The third-order valence-corrected chi connectivity index (χ3v) is 3.66. The molecule has 2 aromatic rings. The van der Waals surface area contributed by atoms with Crippen molar-refractivity contribution >= 4 is 22.3 Å². The Balaban J connectivity index is 2.13. The second-order valence-corrected chi connectivity index (χ2v) is 5.29. The Labute approximate surface area is 121 Å². The Morgan fingerprint density at radius 3 is 2.65 bits per heavy atom. The van der Waals surface area contributed by atoms with Crippen LogP contribution in [-0.4, -0.2) is 22.7 Å². The van der Waals surface area contributed by atoms with Crippen molar-refractivity contribution in [2.75, 3.05) is 12.3 Å². The number of benzene rings is 1. The molecule has 0 atom stereocenters. The highest BCUT2D eigenvalue weighted by atomic mass is 32.1. The lowest BCUT2D eigenvalue weighted by molar-refractivity contribution is 0.0692. The summed E-state index contributed by atoms with van der Waals surface area (Å²) in [5.41, 5.74) is 6.38. The molecule has 3 N–H and O–H groups in total. The van der Waals surface area contributed by atoms with E-state index in [0.29, 0.717) is 11.6 Å². The molecule has 0 aliphatic heterocycles. The molecule has 0 saturated carbocycles. The lowest BCUT2D eigenvalue weighted by Gasteiger charge is -2.05. The molecule has 1 aromatic carbocycles. The van der Waals surface area contributed by atoms with Crippen molar-refractivity contribution in [3.05, 3.63) is 30.0 Å². The van der Waals surface area contributed by atoms with Crippen molar-refractivity contribution in [1.29, 1.82) is 0 Å². The molecule has 1 aromatic heterocycles. The van der Waals surface area contributed by atoms with E-state index in [-0.39, 0.29) is 10.7 Å². The minimum absolute atomic E-state index is 0.0896. The number of carboxylic acids is 1. The molecule has 6 heteroatoms. The van der Waals surface area contributed by atoms with Gasteiger partial charge in [-0.25, -0.2) is 9.78 Å².